The monoisotopic (exact) mass is 312 g/mol. The molecule has 0 aliphatic carbocycles. The van der Waals surface area contributed by atoms with Crippen molar-refractivity contribution in [2.45, 2.75) is 6.54 Å². The summed E-state index contributed by atoms with van der Waals surface area (Å²) in [5, 5.41) is 4.55. The highest BCUT2D eigenvalue weighted by molar-refractivity contribution is 6.32. The maximum Gasteiger partial charge on any atom is 0.261 e. The lowest BCUT2D eigenvalue weighted by Crippen LogP contribution is -2.30. The second kappa shape index (κ2) is 4.64. The average molecular weight is 313 g/mol. The summed E-state index contributed by atoms with van der Waals surface area (Å²) in [4.78, 5) is 29.9. The van der Waals surface area contributed by atoms with Gasteiger partial charge in [0.15, 0.2) is 11.0 Å². The van der Waals surface area contributed by atoms with Crippen molar-refractivity contribution in [3.05, 3.63) is 64.7 Å². The first-order valence-corrected chi connectivity index (χ1v) is 6.98. The van der Waals surface area contributed by atoms with Crippen LogP contribution in [0.3, 0.4) is 0 Å². The quantitative estimate of drug-likeness (QED) is 0.680. The molecule has 2 amide bonds. The molecule has 0 fully saturated rings. The molecule has 0 atom stereocenters. The summed E-state index contributed by atoms with van der Waals surface area (Å²) in [7, 11) is 0. The van der Waals surface area contributed by atoms with E-state index in [0.29, 0.717) is 22.5 Å². The number of fused-ring (bicyclic) bond motifs is 2. The third-order valence-corrected chi connectivity index (χ3v) is 3.85. The maximum atomic E-state index is 12.3. The molecule has 0 spiro atoms. The van der Waals surface area contributed by atoms with Gasteiger partial charge in [-0.25, -0.2) is 9.50 Å². The van der Waals surface area contributed by atoms with Gasteiger partial charge in [0, 0.05) is 6.20 Å². The molecule has 0 N–H and O–H groups in total. The van der Waals surface area contributed by atoms with Crippen LogP contribution in [0.5, 0.6) is 0 Å². The Morgan fingerprint density at radius 1 is 1.00 bits per heavy atom. The molecule has 1 aliphatic rings. The minimum atomic E-state index is -0.340. The van der Waals surface area contributed by atoms with Crippen LogP contribution in [0.1, 0.15) is 26.5 Å². The molecule has 6 nitrogen and oxygen atoms in total. The maximum absolute atomic E-state index is 12.3. The fourth-order valence-corrected chi connectivity index (χ4v) is 2.78. The van der Waals surface area contributed by atoms with E-state index >= 15 is 0 Å². The van der Waals surface area contributed by atoms with Crippen LogP contribution in [0.25, 0.3) is 5.52 Å². The molecule has 0 bridgehead atoms. The van der Waals surface area contributed by atoms with E-state index in [4.69, 9.17) is 11.6 Å². The first-order chi connectivity index (χ1) is 10.6. The van der Waals surface area contributed by atoms with Gasteiger partial charge in [-0.3, -0.25) is 14.5 Å². The van der Waals surface area contributed by atoms with E-state index in [1.807, 2.05) is 0 Å². The number of rotatable bonds is 2. The minimum absolute atomic E-state index is 0.0137. The summed E-state index contributed by atoms with van der Waals surface area (Å²) in [6, 6.07) is 10.3. The largest absolute Gasteiger partial charge is 0.269 e. The van der Waals surface area contributed by atoms with Gasteiger partial charge in [-0.2, -0.15) is 5.10 Å². The Bertz CT molecular complexity index is 899. The van der Waals surface area contributed by atoms with E-state index in [9.17, 15) is 9.59 Å². The summed E-state index contributed by atoms with van der Waals surface area (Å²) < 4.78 is 1.57. The fourth-order valence-electron chi connectivity index (χ4n) is 2.53. The predicted molar refractivity (Wildman–Crippen MR) is 78.6 cm³/mol. The van der Waals surface area contributed by atoms with Gasteiger partial charge in [0.25, 0.3) is 11.8 Å². The van der Waals surface area contributed by atoms with Crippen molar-refractivity contribution in [2.75, 3.05) is 0 Å². The number of aromatic nitrogens is 3. The SMILES string of the molecule is O=C1c2ccccc2C(=O)N1Cc1nc(Cl)c2cccn2n1. The standard InChI is InChI=1S/C15H9ClN4O2/c16-13-11-6-3-7-20(11)18-12(17-13)8-19-14(21)9-4-1-2-5-10(9)15(19)22/h1-7H,8H2. The number of amides is 2. The molecule has 22 heavy (non-hydrogen) atoms. The molecule has 3 aromatic rings. The number of hydrogen-bond acceptors (Lipinski definition) is 4. The Hall–Kier alpha value is -2.73. The van der Waals surface area contributed by atoms with Gasteiger partial charge in [-0.05, 0) is 24.3 Å². The first-order valence-electron chi connectivity index (χ1n) is 6.60. The molecular weight excluding hydrogens is 304 g/mol. The van der Waals surface area contributed by atoms with Crippen LogP contribution < -0.4 is 0 Å². The van der Waals surface area contributed by atoms with Gasteiger partial charge in [0.1, 0.15) is 5.52 Å². The average Bonchev–Trinajstić information content (AvgIpc) is 3.08. The summed E-state index contributed by atoms with van der Waals surface area (Å²) in [5.74, 6) is -0.371. The normalized spacial score (nSPS) is 14.0. The Kier molecular flexibility index (Phi) is 2.74. The van der Waals surface area contributed by atoms with E-state index < -0.39 is 0 Å². The van der Waals surface area contributed by atoms with Crippen LogP contribution in [-0.2, 0) is 6.54 Å². The van der Waals surface area contributed by atoms with Gasteiger partial charge >= 0.3 is 0 Å². The van der Waals surface area contributed by atoms with Crippen molar-refractivity contribution in [1.82, 2.24) is 19.5 Å². The minimum Gasteiger partial charge on any atom is -0.269 e. The number of benzene rings is 1. The number of imide groups is 1. The lowest BCUT2D eigenvalue weighted by atomic mass is 10.1. The Labute approximate surface area is 129 Å². The lowest BCUT2D eigenvalue weighted by Gasteiger charge is -2.12. The van der Waals surface area contributed by atoms with Crippen LogP contribution in [-0.4, -0.2) is 31.3 Å². The van der Waals surface area contributed by atoms with E-state index in [-0.39, 0.29) is 23.5 Å². The molecule has 1 aromatic carbocycles. The number of halogens is 1. The third kappa shape index (κ3) is 1.81. The van der Waals surface area contributed by atoms with Gasteiger partial charge < -0.3 is 0 Å². The van der Waals surface area contributed by atoms with Crippen LogP contribution in [0, 0.1) is 0 Å². The Morgan fingerprint density at radius 3 is 2.36 bits per heavy atom. The third-order valence-electron chi connectivity index (χ3n) is 3.57. The molecule has 108 valence electrons. The number of hydrogen-bond donors (Lipinski definition) is 0. The molecule has 0 unspecified atom stereocenters. The molecule has 4 rings (SSSR count). The van der Waals surface area contributed by atoms with Crippen molar-refractivity contribution in [3.63, 3.8) is 0 Å². The zero-order chi connectivity index (χ0) is 15.3. The molecule has 7 heteroatoms. The smallest absolute Gasteiger partial charge is 0.261 e. The molecular formula is C15H9ClN4O2. The summed E-state index contributed by atoms with van der Waals surface area (Å²) in [5.41, 5.74) is 1.48. The van der Waals surface area contributed by atoms with Crippen LogP contribution in [0.2, 0.25) is 5.15 Å². The van der Waals surface area contributed by atoms with Gasteiger partial charge in [-0.1, -0.05) is 23.7 Å². The number of carbonyl (C=O) groups is 2. The Morgan fingerprint density at radius 2 is 1.68 bits per heavy atom. The van der Waals surface area contributed by atoms with Crippen molar-refractivity contribution >= 4 is 28.9 Å². The van der Waals surface area contributed by atoms with Gasteiger partial charge in [0.05, 0.1) is 17.7 Å². The number of carbonyl (C=O) groups excluding carboxylic acids is 2. The summed E-state index contributed by atoms with van der Waals surface area (Å²) >= 11 is 6.09. The highest BCUT2D eigenvalue weighted by Crippen LogP contribution is 2.24. The lowest BCUT2D eigenvalue weighted by molar-refractivity contribution is 0.0637. The fraction of sp³-hybridized carbons (Fsp3) is 0.0667. The molecule has 1 aliphatic heterocycles. The van der Waals surface area contributed by atoms with E-state index in [0.717, 1.165) is 4.90 Å². The van der Waals surface area contributed by atoms with Gasteiger partial charge in [-0.15, -0.1) is 0 Å². The van der Waals surface area contributed by atoms with E-state index in [1.165, 1.54) is 0 Å². The zero-order valence-electron chi connectivity index (χ0n) is 11.2. The topological polar surface area (TPSA) is 67.6 Å². The number of nitrogens with zero attached hydrogens (tertiary/aromatic N) is 4. The van der Waals surface area contributed by atoms with Gasteiger partial charge in [0.2, 0.25) is 0 Å². The van der Waals surface area contributed by atoms with Crippen molar-refractivity contribution in [2.24, 2.45) is 0 Å². The van der Waals surface area contributed by atoms with Crippen LogP contribution in [0.15, 0.2) is 42.6 Å². The molecule has 0 radical (unpaired) electrons. The van der Waals surface area contributed by atoms with E-state index in [2.05, 4.69) is 10.1 Å². The predicted octanol–water partition coefficient (Wildman–Crippen LogP) is 2.18. The summed E-state index contributed by atoms with van der Waals surface area (Å²) in [6.45, 7) is -0.0137. The Balaban J connectivity index is 1.72. The molecule has 0 saturated carbocycles. The summed E-state index contributed by atoms with van der Waals surface area (Å²) in [6.07, 6.45) is 1.73. The first kappa shape index (κ1) is 13.0. The van der Waals surface area contributed by atoms with Crippen LogP contribution >= 0.6 is 11.6 Å². The highest BCUT2D eigenvalue weighted by Gasteiger charge is 2.35. The van der Waals surface area contributed by atoms with Crippen molar-refractivity contribution in [1.29, 1.82) is 0 Å². The molecule has 3 heterocycles. The second-order valence-corrected chi connectivity index (χ2v) is 5.26. The zero-order valence-corrected chi connectivity index (χ0v) is 12.0. The molecule has 2 aromatic heterocycles. The molecule has 0 saturated heterocycles. The van der Waals surface area contributed by atoms with Crippen molar-refractivity contribution < 1.29 is 9.59 Å². The van der Waals surface area contributed by atoms with Crippen molar-refractivity contribution in [3.8, 4) is 0 Å². The van der Waals surface area contributed by atoms with Crippen LogP contribution in [0.4, 0.5) is 0 Å². The van der Waals surface area contributed by atoms with E-state index in [1.54, 1.807) is 47.1 Å². The second-order valence-electron chi connectivity index (χ2n) is 4.90. The highest BCUT2D eigenvalue weighted by atomic mass is 35.5.